The summed E-state index contributed by atoms with van der Waals surface area (Å²) in [6.45, 7) is 4.41. The molecule has 0 aromatic heterocycles. The Kier molecular flexibility index (Phi) is 9.34. The second-order valence-corrected chi connectivity index (χ2v) is 12.4. The van der Waals surface area contributed by atoms with Gasteiger partial charge in [0.2, 0.25) is 0 Å². The molecule has 0 bridgehead atoms. The van der Waals surface area contributed by atoms with Crippen LogP contribution in [0, 0.1) is 5.41 Å². The summed E-state index contributed by atoms with van der Waals surface area (Å²) in [5, 5.41) is 0. The molecule has 0 aliphatic carbocycles. The van der Waals surface area contributed by atoms with Gasteiger partial charge in [-0.1, -0.05) is 13.8 Å². The number of esters is 4. The predicted molar refractivity (Wildman–Crippen MR) is 113 cm³/mol. The Balaban J connectivity index is 2.40. The molecule has 2 rings (SSSR count). The van der Waals surface area contributed by atoms with Crippen molar-refractivity contribution in [3.05, 3.63) is 0 Å². The van der Waals surface area contributed by atoms with Gasteiger partial charge in [-0.25, -0.2) is 4.57 Å². The van der Waals surface area contributed by atoms with E-state index in [2.05, 4.69) is 0 Å². The van der Waals surface area contributed by atoms with E-state index in [9.17, 15) is 23.7 Å². The molecule has 14 heteroatoms. The van der Waals surface area contributed by atoms with Crippen molar-refractivity contribution in [2.45, 2.75) is 71.4 Å². The fourth-order valence-corrected chi connectivity index (χ4v) is 6.99. The van der Waals surface area contributed by atoms with Crippen LogP contribution in [0.5, 0.6) is 0 Å². The Morgan fingerprint density at radius 2 is 1.33 bits per heavy atom. The molecular weight excluding hydrogens is 483 g/mol. The van der Waals surface area contributed by atoms with E-state index < -0.39 is 60.5 Å². The first-order chi connectivity index (χ1) is 15.2. The highest BCUT2D eigenvalue weighted by molar-refractivity contribution is 8.55. The lowest BCUT2D eigenvalue weighted by molar-refractivity contribution is -0.237. The van der Waals surface area contributed by atoms with Gasteiger partial charge in [-0.15, -0.1) is 0 Å². The molecule has 0 N–H and O–H groups in total. The summed E-state index contributed by atoms with van der Waals surface area (Å²) in [6, 6.07) is 0. The number of rotatable bonds is 7. The van der Waals surface area contributed by atoms with Crippen molar-refractivity contribution in [2.75, 3.05) is 19.8 Å². The van der Waals surface area contributed by atoms with Crippen LogP contribution in [0.3, 0.4) is 0 Å². The van der Waals surface area contributed by atoms with Crippen molar-refractivity contribution in [1.82, 2.24) is 0 Å². The van der Waals surface area contributed by atoms with Crippen LogP contribution < -0.4 is 0 Å². The minimum Gasteiger partial charge on any atom is -0.463 e. The molecule has 0 aromatic rings. The average Bonchev–Trinajstić information content (AvgIpc) is 2.67. The summed E-state index contributed by atoms with van der Waals surface area (Å²) in [5.41, 5.74) is -1.60. The third kappa shape index (κ3) is 8.25. The van der Waals surface area contributed by atoms with E-state index in [0.717, 1.165) is 20.8 Å². The van der Waals surface area contributed by atoms with Crippen LogP contribution in [-0.2, 0) is 56.5 Å². The van der Waals surface area contributed by atoms with Gasteiger partial charge in [0.1, 0.15) is 12.7 Å². The van der Waals surface area contributed by atoms with Gasteiger partial charge in [0, 0.05) is 33.1 Å². The first-order valence-corrected chi connectivity index (χ1v) is 13.1. The fourth-order valence-electron chi connectivity index (χ4n) is 3.05. The van der Waals surface area contributed by atoms with E-state index in [4.69, 9.17) is 32.7 Å². The summed E-state index contributed by atoms with van der Waals surface area (Å²) in [4.78, 5) is 46.8. The highest BCUT2D eigenvalue weighted by atomic mass is 32.7. The van der Waals surface area contributed by atoms with Crippen LogP contribution >= 0.6 is 18.2 Å². The first-order valence-electron chi connectivity index (χ1n) is 10.1. The summed E-state index contributed by atoms with van der Waals surface area (Å²) < 4.78 is 51.0. The van der Waals surface area contributed by atoms with Crippen LogP contribution in [0.2, 0.25) is 0 Å². The summed E-state index contributed by atoms with van der Waals surface area (Å²) >= 11 is 0.624. The normalized spacial score (nSPS) is 30.5. The molecule has 2 aliphatic heterocycles. The molecule has 33 heavy (non-hydrogen) atoms. The Morgan fingerprint density at radius 1 is 0.848 bits per heavy atom. The molecule has 188 valence electrons. The number of hydrogen-bond acceptors (Lipinski definition) is 13. The molecule has 0 aromatic carbocycles. The van der Waals surface area contributed by atoms with Gasteiger partial charge in [0.15, 0.2) is 23.7 Å². The lowest BCUT2D eigenvalue weighted by Crippen LogP contribution is -2.61. The molecule has 12 nitrogen and oxygen atoms in total. The minimum absolute atomic E-state index is 0.141. The van der Waals surface area contributed by atoms with Crippen molar-refractivity contribution >= 4 is 42.1 Å². The first kappa shape index (κ1) is 27.6. The lowest BCUT2D eigenvalue weighted by atomic mass is 9.97. The fraction of sp³-hybridized carbons (Fsp3) is 0.789. The molecule has 2 heterocycles. The standard InChI is InChI=1S/C19H29O12PS/c1-10(20)25-7-14-15(28-11(2)21)16(29-12(3)22)17(30-13(4)23)18(31-14)33-32(24)26-8-19(5,6)9-27-32/h14-18H,7-9H2,1-6H3/t14-,15+,16+,17-,18+/m1/s1. The summed E-state index contributed by atoms with van der Waals surface area (Å²) in [6.07, 6.45) is -5.13. The van der Waals surface area contributed by atoms with Crippen LogP contribution in [-0.4, -0.2) is 73.5 Å². The zero-order chi connectivity index (χ0) is 25.0. The molecule has 0 amide bonds. The Labute approximate surface area is 195 Å². The average molecular weight is 512 g/mol. The van der Waals surface area contributed by atoms with Crippen molar-refractivity contribution < 1.29 is 56.5 Å². The molecule has 0 saturated carbocycles. The maximum Gasteiger partial charge on any atom is 0.391 e. The maximum atomic E-state index is 13.2. The Bertz CT molecular complexity index is 801. The predicted octanol–water partition coefficient (Wildman–Crippen LogP) is 1.98. The number of carbonyl (C=O) groups is 4. The van der Waals surface area contributed by atoms with Crippen molar-refractivity contribution in [2.24, 2.45) is 5.41 Å². The van der Waals surface area contributed by atoms with E-state index in [1.807, 2.05) is 13.8 Å². The Hall–Kier alpha value is -1.66. The summed E-state index contributed by atoms with van der Waals surface area (Å²) in [5.74, 6) is -2.89. The van der Waals surface area contributed by atoms with Gasteiger partial charge in [0.25, 0.3) is 0 Å². The Morgan fingerprint density at radius 3 is 1.82 bits per heavy atom. The van der Waals surface area contributed by atoms with E-state index in [-0.39, 0.29) is 25.2 Å². The molecule has 0 radical (unpaired) electrons. The van der Waals surface area contributed by atoms with Gasteiger partial charge in [-0.05, 0) is 11.4 Å². The third-order valence-electron chi connectivity index (χ3n) is 4.41. The van der Waals surface area contributed by atoms with E-state index in [1.165, 1.54) is 6.92 Å². The second-order valence-electron chi connectivity index (χ2n) is 8.33. The molecule has 2 saturated heterocycles. The van der Waals surface area contributed by atoms with Crippen LogP contribution in [0.15, 0.2) is 0 Å². The highest BCUT2D eigenvalue weighted by Gasteiger charge is 2.55. The van der Waals surface area contributed by atoms with Gasteiger partial charge in [0.05, 0.1) is 13.2 Å². The molecule has 0 unspecified atom stereocenters. The maximum absolute atomic E-state index is 13.2. The topological polar surface area (TPSA) is 150 Å². The van der Waals surface area contributed by atoms with E-state index in [1.54, 1.807) is 0 Å². The lowest BCUT2D eigenvalue weighted by Gasteiger charge is -2.45. The molecular formula is C19H29O12PS. The van der Waals surface area contributed by atoms with Crippen LogP contribution in [0.4, 0.5) is 0 Å². The van der Waals surface area contributed by atoms with E-state index in [0.29, 0.717) is 11.4 Å². The number of carbonyl (C=O) groups excluding carboxylic acids is 4. The van der Waals surface area contributed by atoms with E-state index >= 15 is 0 Å². The van der Waals surface area contributed by atoms with Crippen LogP contribution in [0.1, 0.15) is 41.5 Å². The van der Waals surface area contributed by atoms with Gasteiger partial charge < -0.3 is 32.7 Å². The van der Waals surface area contributed by atoms with Crippen molar-refractivity contribution in [1.29, 1.82) is 0 Å². The monoisotopic (exact) mass is 512 g/mol. The smallest absolute Gasteiger partial charge is 0.391 e. The summed E-state index contributed by atoms with van der Waals surface area (Å²) in [7, 11) is 0. The molecule has 5 atom stereocenters. The second kappa shape index (κ2) is 11.2. The highest BCUT2D eigenvalue weighted by Crippen LogP contribution is 2.66. The minimum atomic E-state index is -3.77. The largest absolute Gasteiger partial charge is 0.463 e. The molecule has 2 fully saturated rings. The zero-order valence-corrected chi connectivity index (χ0v) is 21.0. The third-order valence-corrected chi connectivity index (χ3v) is 8.17. The van der Waals surface area contributed by atoms with Gasteiger partial charge >= 0.3 is 30.7 Å². The quantitative estimate of drug-likeness (QED) is 0.278. The van der Waals surface area contributed by atoms with Crippen LogP contribution in [0.25, 0.3) is 0 Å². The zero-order valence-electron chi connectivity index (χ0n) is 19.3. The number of hydrogen-bond donors (Lipinski definition) is 0. The van der Waals surface area contributed by atoms with Crippen molar-refractivity contribution in [3.8, 4) is 0 Å². The molecule has 2 aliphatic rings. The molecule has 0 spiro atoms. The van der Waals surface area contributed by atoms with Gasteiger partial charge in [-0.3, -0.25) is 19.2 Å². The van der Waals surface area contributed by atoms with Gasteiger partial charge in [-0.2, -0.15) is 0 Å². The number of ether oxygens (including phenoxy) is 5. The van der Waals surface area contributed by atoms with Crippen molar-refractivity contribution in [3.63, 3.8) is 0 Å². The SMILES string of the molecule is CC(=O)OC[C@H]1O[C@@H](SP2(=O)OCC(C)(C)CO2)[C@H](OC(C)=O)[C@@H](OC(C)=O)[C@H]1OC(C)=O.